The summed E-state index contributed by atoms with van der Waals surface area (Å²) in [7, 11) is 0. The molecule has 5 nitrogen and oxygen atoms in total. The lowest BCUT2D eigenvalue weighted by molar-refractivity contribution is -0.113. The second-order valence-corrected chi connectivity index (χ2v) is 6.09. The van der Waals surface area contributed by atoms with E-state index in [1.165, 1.54) is 11.8 Å². The van der Waals surface area contributed by atoms with Crippen LogP contribution in [0.15, 0.2) is 53.7 Å². The Morgan fingerprint density at radius 1 is 1.25 bits per heavy atom. The normalized spacial score (nSPS) is 10.3. The van der Waals surface area contributed by atoms with Crippen molar-refractivity contribution in [1.29, 1.82) is 5.26 Å². The summed E-state index contributed by atoms with van der Waals surface area (Å²) in [6, 6.07) is 15.0. The Morgan fingerprint density at radius 2 is 2.12 bits per heavy atom. The number of carbonyl (C=O) groups excluding carboxylic acids is 1. The molecule has 2 aromatic heterocycles. The van der Waals surface area contributed by atoms with E-state index in [0.717, 1.165) is 22.3 Å². The number of aromatic nitrogens is 2. The van der Waals surface area contributed by atoms with Gasteiger partial charge in [0, 0.05) is 17.3 Å². The van der Waals surface area contributed by atoms with Crippen LogP contribution in [0, 0.1) is 18.3 Å². The fourth-order valence-corrected chi connectivity index (χ4v) is 3.08. The Kier molecular flexibility index (Phi) is 4.73. The highest BCUT2D eigenvalue weighted by molar-refractivity contribution is 8.00. The van der Waals surface area contributed by atoms with Crippen molar-refractivity contribution in [2.75, 3.05) is 11.1 Å². The minimum absolute atomic E-state index is 0.149. The van der Waals surface area contributed by atoms with E-state index >= 15 is 0 Å². The van der Waals surface area contributed by atoms with Crippen LogP contribution in [0.3, 0.4) is 0 Å². The van der Waals surface area contributed by atoms with Crippen molar-refractivity contribution in [2.24, 2.45) is 0 Å². The quantitative estimate of drug-likeness (QED) is 0.738. The lowest BCUT2D eigenvalue weighted by atomic mass is 10.2. The van der Waals surface area contributed by atoms with Crippen LogP contribution in [0.5, 0.6) is 0 Å². The number of anilines is 1. The molecule has 0 saturated heterocycles. The minimum Gasteiger partial charge on any atom is -0.325 e. The van der Waals surface area contributed by atoms with E-state index in [1.54, 1.807) is 18.3 Å². The van der Waals surface area contributed by atoms with Crippen molar-refractivity contribution in [3.8, 4) is 6.07 Å². The number of fused-ring (bicyclic) bond motifs is 1. The van der Waals surface area contributed by atoms with Gasteiger partial charge in [0.15, 0.2) is 0 Å². The summed E-state index contributed by atoms with van der Waals surface area (Å²) >= 11 is 1.26. The largest absolute Gasteiger partial charge is 0.325 e. The molecule has 6 heteroatoms. The zero-order chi connectivity index (χ0) is 16.9. The van der Waals surface area contributed by atoms with Crippen molar-refractivity contribution in [1.82, 2.24) is 9.97 Å². The molecule has 1 amide bonds. The van der Waals surface area contributed by atoms with Gasteiger partial charge in [-0.2, -0.15) is 5.26 Å². The van der Waals surface area contributed by atoms with Gasteiger partial charge >= 0.3 is 0 Å². The second-order valence-electron chi connectivity index (χ2n) is 5.13. The molecule has 0 radical (unpaired) electrons. The molecule has 0 saturated carbocycles. The van der Waals surface area contributed by atoms with Gasteiger partial charge in [-0.3, -0.25) is 9.78 Å². The molecule has 1 N–H and O–H groups in total. The first-order chi connectivity index (χ1) is 11.7. The molecule has 0 aliphatic heterocycles. The predicted octanol–water partition coefficient (Wildman–Crippen LogP) is 3.54. The molecule has 118 valence electrons. The van der Waals surface area contributed by atoms with Crippen molar-refractivity contribution < 1.29 is 4.79 Å². The highest BCUT2D eigenvalue weighted by atomic mass is 32.2. The highest BCUT2D eigenvalue weighted by Gasteiger charge is 2.10. The van der Waals surface area contributed by atoms with Crippen LogP contribution in [0.4, 0.5) is 5.69 Å². The number of hydrogen-bond acceptors (Lipinski definition) is 5. The number of amides is 1. The molecule has 0 bridgehead atoms. The van der Waals surface area contributed by atoms with E-state index in [2.05, 4.69) is 21.4 Å². The van der Waals surface area contributed by atoms with Crippen LogP contribution in [0.1, 0.15) is 11.3 Å². The van der Waals surface area contributed by atoms with Gasteiger partial charge in [0.2, 0.25) is 5.91 Å². The van der Waals surface area contributed by atoms with Crippen LogP contribution >= 0.6 is 11.8 Å². The fourth-order valence-electron chi connectivity index (χ4n) is 2.26. The van der Waals surface area contributed by atoms with Crippen molar-refractivity contribution in [3.05, 3.63) is 59.9 Å². The zero-order valence-electron chi connectivity index (χ0n) is 13.0. The Hall–Kier alpha value is -2.91. The number of hydrogen-bond donors (Lipinski definition) is 1. The molecule has 0 aliphatic rings. The molecule has 0 spiro atoms. The number of aryl methyl sites for hydroxylation is 1. The molecule has 3 rings (SSSR count). The molecule has 3 aromatic rings. The summed E-state index contributed by atoms with van der Waals surface area (Å²) in [6.45, 7) is 1.86. The third-order valence-electron chi connectivity index (χ3n) is 3.38. The summed E-state index contributed by atoms with van der Waals surface area (Å²) in [5, 5.41) is 13.5. The maximum Gasteiger partial charge on any atom is 0.234 e. The lowest BCUT2D eigenvalue weighted by Crippen LogP contribution is -2.14. The average Bonchev–Trinajstić information content (AvgIpc) is 2.60. The first-order valence-electron chi connectivity index (χ1n) is 7.31. The first kappa shape index (κ1) is 16.0. The summed E-state index contributed by atoms with van der Waals surface area (Å²) in [5.41, 5.74) is 2.85. The monoisotopic (exact) mass is 334 g/mol. The van der Waals surface area contributed by atoms with Crippen molar-refractivity contribution in [2.45, 2.75) is 11.9 Å². The van der Waals surface area contributed by atoms with Crippen LogP contribution < -0.4 is 5.32 Å². The highest BCUT2D eigenvalue weighted by Crippen LogP contribution is 2.23. The van der Waals surface area contributed by atoms with Crippen molar-refractivity contribution in [3.63, 3.8) is 0 Å². The Bertz CT molecular complexity index is 944. The number of nitriles is 1. The standard InChI is InChI=1S/C18H14N4OS/c1-12-7-8-13(10-19)18(21-12)24-11-17(23)22-16-6-2-5-15-14(16)4-3-9-20-15/h2-9H,11H2,1H3,(H,22,23). The van der Waals surface area contributed by atoms with Gasteiger partial charge in [0.05, 0.1) is 22.5 Å². The molecule has 24 heavy (non-hydrogen) atoms. The number of pyridine rings is 2. The van der Waals surface area contributed by atoms with Gasteiger partial charge in [-0.1, -0.05) is 17.8 Å². The summed E-state index contributed by atoms with van der Waals surface area (Å²) < 4.78 is 0. The van der Waals surface area contributed by atoms with Gasteiger partial charge in [0.1, 0.15) is 11.1 Å². The number of nitrogens with one attached hydrogen (secondary N) is 1. The van der Waals surface area contributed by atoms with E-state index < -0.39 is 0 Å². The van der Waals surface area contributed by atoms with Gasteiger partial charge < -0.3 is 5.32 Å². The topological polar surface area (TPSA) is 78.7 Å². The van der Waals surface area contributed by atoms with E-state index in [0.29, 0.717) is 10.6 Å². The van der Waals surface area contributed by atoms with Crippen LogP contribution in [-0.4, -0.2) is 21.6 Å². The van der Waals surface area contributed by atoms with Gasteiger partial charge in [-0.25, -0.2) is 4.98 Å². The molecular weight excluding hydrogens is 320 g/mol. The molecule has 0 aliphatic carbocycles. The molecule has 0 unspecified atom stereocenters. The SMILES string of the molecule is Cc1ccc(C#N)c(SCC(=O)Nc2cccc3ncccc23)n1. The zero-order valence-corrected chi connectivity index (χ0v) is 13.8. The molecular formula is C18H14N4OS. The first-order valence-corrected chi connectivity index (χ1v) is 8.30. The smallest absolute Gasteiger partial charge is 0.234 e. The third-order valence-corrected chi connectivity index (χ3v) is 4.37. The van der Waals surface area contributed by atoms with Crippen LogP contribution in [0.2, 0.25) is 0 Å². The maximum atomic E-state index is 12.3. The van der Waals surface area contributed by atoms with Crippen LogP contribution in [0.25, 0.3) is 10.9 Å². The fraction of sp³-hybridized carbons (Fsp3) is 0.111. The second kappa shape index (κ2) is 7.11. The molecule has 0 fully saturated rings. The molecule has 1 aromatic carbocycles. The Balaban J connectivity index is 1.72. The third kappa shape index (κ3) is 3.53. The minimum atomic E-state index is -0.149. The maximum absolute atomic E-state index is 12.3. The van der Waals surface area contributed by atoms with E-state index in [1.807, 2.05) is 37.3 Å². The Morgan fingerprint density at radius 3 is 2.96 bits per heavy atom. The summed E-state index contributed by atoms with van der Waals surface area (Å²) in [4.78, 5) is 20.8. The number of nitrogens with zero attached hydrogens (tertiary/aromatic N) is 3. The number of rotatable bonds is 4. The molecule has 2 heterocycles. The van der Waals surface area contributed by atoms with Crippen molar-refractivity contribution >= 4 is 34.3 Å². The number of thioether (sulfide) groups is 1. The molecule has 0 atom stereocenters. The Labute approximate surface area is 143 Å². The van der Waals surface area contributed by atoms with E-state index in [9.17, 15) is 4.79 Å². The predicted molar refractivity (Wildman–Crippen MR) is 94.8 cm³/mol. The number of carbonyl (C=O) groups is 1. The summed E-state index contributed by atoms with van der Waals surface area (Å²) in [6.07, 6.45) is 1.72. The lowest BCUT2D eigenvalue weighted by Gasteiger charge is -2.08. The average molecular weight is 334 g/mol. The summed E-state index contributed by atoms with van der Waals surface area (Å²) in [5.74, 6) is 0.0328. The van der Waals surface area contributed by atoms with E-state index in [4.69, 9.17) is 5.26 Å². The van der Waals surface area contributed by atoms with Gasteiger partial charge in [-0.15, -0.1) is 0 Å². The van der Waals surface area contributed by atoms with Crippen LogP contribution in [-0.2, 0) is 4.79 Å². The van der Waals surface area contributed by atoms with E-state index in [-0.39, 0.29) is 11.7 Å². The van der Waals surface area contributed by atoms with Gasteiger partial charge in [0.25, 0.3) is 0 Å². The number of benzene rings is 1. The van der Waals surface area contributed by atoms with Gasteiger partial charge in [-0.05, 0) is 43.3 Å².